The lowest BCUT2D eigenvalue weighted by molar-refractivity contribution is -0.947. The number of carbonyl (C=O) groups excluding carboxylic acids is 2. The zero-order valence-corrected chi connectivity index (χ0v) is 24.9. The number of rotatable bonds is 7. The summed E-state index contributed by atoms with van der Waals surface area (Å²) in [5, 5.41) is 2.64. The smallest absolute Gasteiger partial charge is 0.487 e. The molecule has 2 heterocycles. The Hall–Kier alpha value is -3.53. The second kappa shape index (κ2) is 10.6. The van der Waals surface area contributed by atoms with Crippen molar-refractivity contribution in [1.29, 1.82) is 0 Å². The molecule has 1 saturated carbocycles. The molecular formula is C33H38F3N2O5+. The lowest BCUT2D eigenvalue weighted by Gasteiger charge is -2.61. The van der Waals surface area contributed by atoms with Gasteiger partial charge in [-0.3, -0.25) is 9.59 Å². The minimum absolute atomic E-state index is 0.0454. The molecule has 1 unspecified atom stereocenters. The van der Waals surface area contributed by atoms with Gasteiger partial charge in [0.25, 0.3) is 5.91 Å². The summed E-state index contributed by atoms with van der Waals surface area (Å²) < 4.78 is 57.9. The van der Waals surface area contributed by atoms with Crippen molar-refractivity contribution in [3.63, 3.8) is 0 Å². The summed E-state index contributed by atoms with van der Waals surface area (Å²) >= 11 is 0. The summed E-state index contributed by atoms with van der Waals surface area (Å²) in [6, 6.07) is 11.8. The van der Waals surface area contributed by atoms with Gasteiger partial charge >= 0.3 is 12.3 Å². The van der Waals surface area contributed by atoms with Crippen LogP contribution in [0, 0.1) is 11.8 Å². The van der Waals surface area contributed by atoms with E-state index in [0.717, 1.165) is 62.2 Å². The van der Waals surface area contributed by atoms with Gasteiger partial charge in [-0.15, -0.1) is 13.2 Å². The van der Waals surface area contributed by atoms with E-state index >= 15 is 0 Å². The molecule has 2 aromatic rings. The second-order valence-corrected chi connectivity index (χ2v) is 13.1. The number of quaternary nitrogens is 1. The fourth-order valence-electron chi connectivity index (χ4n) is 8.61. The van der Waals surface area contributed by atoms with Gasteiger partial charge < -0.3 is 24.0 Å². The Bertz CT molecular complexity index is 1470. The zero-order valence-electron chi connectivity index (χ0n) is 24.9. The van der Waals surface area contributed by atoms with Crippen molar-refractivity contribution in [2.75, 3.05) is 25.5 Å². The lowest BCUT2D eigenvalue weighted by atomic mass is 9.51. The number of piperidine rings is 1. The Morgan fingerprint density at radius 1 is 1.14 bits per heavy atom. The van der Waals surface area contributed by atoms with Gasteiger partial charge in [-0.25, -0.2) is 0 Å². The number of halogens is 3. The number of nitrogens with one attached hydrogen (secondary N) is 1. The third-order valence-corrected chi connectivity index (χ3v) is 9.86. The first-order valence-electron chi connectivity index (χ1n) is 15.0. The van der Waals surface area contributed by atoms with Crippen LogP contribution in [0.2, 0.25) is 0 Å². The van der Waals surface area contributed by atoms with Gasteiger partial charge in [0, 0.05) is 42.7 Å². The summed E-state index contributed by atoms with van der Waals surface area (Å²) in [4.78, 5) is 25.5. The Morgan fingerprint density at radius 3 is 2.56 bits per heavy atom. The average Bonchev–Trinajstić information content (AvgIpc) is 3.28. The fourth-order valence-corrected chi connectivity index (χ4v) is 8.61. The van der Waals surface area contributed by atoms with E-state index in [4.69, 9.17) is 9.47 Å². The van der Waals surface area contributed by atoms with Gasteiger partial charge in [0.2, 0.25) is 5.76 Å². The van der Waals surface area contributed by atoms with Crippen LogP contribution in [0.4, 0.5) is 18.9 Å². The maximum atomic E-state index is 13.6. The van der Waals surface area contributed by atoms with E-state index in [0.29, 0.717) is 23.6 Å². The van der Waals surface area contributed by atoms with Crippen molar-refractivity contribution in [2.24, 2.45) is 11.8 Å². The topological polar surface area (TPSA) is 73.9 Å². The largest absolute Gasteiger partial charge is 0.573 e. The first kappa shape index (κ1) is 29.5. The number of nitrogens with zero attached hydrogens (tertiary/aromatic N) is 1. The highest BCUT2D eigenvalue weighted by molar-refractivity contribution is 6.08. The van der Waals surface area contributed by atoms with E-state index < -0.39 is 29.8 Å². The zero-order chi connectivity index (χ0) is 30.7. The number of amides is 1. The molecule has 6 rings (SSSR count). The summed E-state index contributed by atoms with van der Waals surface area (Å²) in [5.41, 5.74) is 2.50. The Kier molecular flexibility index (Phi) is 7.26. The van der Waals surface area contributed by atoms with Gasteiger partial charge in [0.15, 0.2) is 5.76 Å². The molecular weight excluding hydrogens is 561 g/mol. The fraction of sp³-hybridized carbons (Fsp3) is 0.515. The first-order chi connectivity index (χ1) is 20.3. The molecule has 2 aliphatic carbocycles. The average molecular weight is 600 g/mol. The van der Waals surface area contributed by atoms with E-state index in [1.54, 1.807) is 24.3 Å². The molecule has 43 heavy (non-hydrogen) atoms. The molecule has 2 aliphatic heterocycles. The van der Waals surface area contributed by atoms with E-state index in [9.17, 15) is 22.8 Å². The first-order valence-corrected chi connectivity index (χ1v) is 15.0. The number of esters is 1. The number of carbonyl (C=O) groups is 2. The standard InChI is InChI=1S/C33H37F3N2O5/c1-19(2)18-38(4)16-15-32-23-11-8-12-26(32)42-29-24(14-13-22(27(29)32)17-25(23)38)37-31(40)30(43-33(34,35)36)28(41-20(3)39)21-9-6-5-7-10-21/h5-7,9-10,13-14,19,23,25-26H,8,11-12,15-18H2,1-4H3/p+1/t23-,25+,26-,32+,38?/m0/s1. The van der Waals surface area contributed by atoms with Gasteiger partial charge in [0.05, 0.1) is 37.3 Å². The molecule has 10 heteroatoms. The molecule has 1 spiro atoms. The van der Waals surface area contributed by atoms with Gasteiger partial charge in [-0.1, -0.05) is 50.2 Å². The Labute approximate surface area is 249 Å². The molecule has 0 radical (unpaired) electrons. The molecule has 2 fully saturated rings. The van der Waals surface area contributed by atoms with Crippen LogP contribution in [-0.4, -0.2) is 55.0 Å². The van der Waals surface area contributed by atoms with E-state index in [2.05, 4.69) is 30.9 Å². The SMILES string of the molecule is CC(=O)OC(=C(OC(F)(F)F)C(=O)Nc1ccc2c3c1O[C@H]1CCC[C@H]4[C@@H](C2)[N+](C)(CC(C)C)CC[C@]314)c1ccccc1. The lowest BCUT2D eigenvalue weighted by Crippen LogP contribution is -2.71. The van der Waals surface area contributed by atoms with Crippen LogP contribution in [-0.2, 0) is 30.9 Å². The molecule has 2 aromatic carbocycles. The van der Waals surface area contributed by atoms with E-state index in [1.807, 2.05) is 6.07 Å². The summed E-state index contributed by atoms with van der Waals surface area (Å²) in [6.45, 7) is 7.74. The molecule has 230 valence electrons. The Morgan fingerprint density at radius 2 is 1.88 bits per heavy atom. The molecule has 7 nitrogen and oxygen atoms in total. The van der Waals surface area contributed by atoms with Gasteiger partial charge in [-0.05, 0) is 30.9 Å². The van der Waals surface area contributed by atoms with Crippen LogP contribution in [0.25, 0.3) is 5.76 Å². The van der Waals surface area contributed by atoms with Crippen LogP contribution >= 0.6 is 0 Å². The van der Waals surface area contributed by atoms with Crippen molar-refractivity contribution >= 4 is 23.3 Å². The third kappa shape index (κ3) is 5.07. The van der Waals surface area contributed by atoms with E-state index in [1.165, 1.54) is 17.7 Å². The quantitative estimate of drug-likeness (QED) is 0.175. The number of anilines is 1. The van der Waals surface area contributed by atoms with Gasteiger partial charge in [-0.2, -0.15) is 0 Å². The van der Waals surface area contributed by atoms with Crippen LogP contribution in [0.3, 0.4) is 0 Å². The number of hydrogen-bond acceptors (Lipinski definition) is 5. The number of alkyl halides is 3. The normalized spacial score (nSPS) is 29.3. The molecule has 2 bridgehead atoms. The van der Waals surface area contributed by atoms with Crippen molar-refractivity contribution < 1.29 is 41.5 Å². The van der Waals surface area contributed by atoms with E-state index in [-0.39, 0.29) is 22.8 Å². The molecule has 1 saturated heterocycles. The predicted molar refractivity (Wildman–Crippen MR) is 154 cm³/mol. The van der Waals surface area contributed by atoms with Crippen molar-refractivity contribution in [3.8, 4) is 5.75 Å². The third-order valence-electron chi connectivity index (χ3n) is 9.86. The minimum atomic E-state index is -5.21. The van der Waals surface area contributed by atoms with Gasteiger partial charge in [0.1, 0.15) is 11.9 Å². The van der Waals surface area contributed by atoms with Crippen molar-refractivity contribution in [3.05, 3.63) is 64.9 Å². The molecule has 0 aromatic heterocycles. The highest BCUT2D eigenvalue weighted by atomic mass is 19.4. The maximum absolute atomic E-state index is 13.6. The number of benzene rings is 2. The minimum Gasteiger partial charge on any atom is -0.487 e. The summed E-state index contributed by atoms with van der Waals surface area (Å²) in [6.07, 6.45) is -0.338. The maximum Gasteiger partial charge on any atom is 0.573 e. The predicted octanol–water partition coefficient (Wildman–Crippen LogP) is 6.32. The number of likely N-dealkylation sites (N-methyl/N-ethyl adjacent to an activating group) is 1. The van der Waals surface area contributed by atoms with Crippen LogP contribution in [0.1, 0.15) is 63.1 Å². The molecule has 1 N–H and O–H groups in total. The van der Waals surface area contributed by atoms with Crippen molar-refractivity contribution in [1.82, 2.24) is 0 Å². The Balaban J connectivity index is 1.42. The summed E-state index contributed by atoms with van der Waals surface area (Å²) in [5.74, 6) is -2.33. The van der Waals surface area contributed by atoms with Crippen LogP contribution in [0.15, 0.2) is 48.2 Å². The monoisotopic (exact) mass is 599 g/mol. The van der Waals surface area contributed by atoms with Crippen molar-refractivity contribution in [2.45, 2.75) is 76.8 Å². The molecule has 1 amide bonds. The number of likely N-dealkylation sites (tertiary alicyclic amines) is 1. The van der Waals surface area contributed by atoms with Crippen LogP contribution < -0.4 is 10.1 Å². The summed E-state index contributed by atoms with van der Waals surface area (Å²) in [7, 11) is 2.39. The van der Waals surface area contributed by atoms with Crippen LogP contribution in [0.5, 0.6) is 5.75 Å². The highest BCUT2D eigenvalue weighted by Crippen LogP contribution is 2.64. The molecule has 5 atom stereocenters. The number of hydrogen-bond donors (Lipinski definition) is 1. The highest BCUT2D eigenvalue weighted by Gasteiger charge is 2.67. The number of ether oxygens (including phenoxy) is 3. The second-order valence-electron chi connectivity index (χ2n) is 13.1. The molecule has 4 aliphatic rings.